The molecule has 1 spiro atoms. The quantitative estimate of drug-likeness (QED) is 0.503. The Morgan fingerprint density at radius 2 is 2.10 bits per heavy atom. The normalized spacial score (nSPS) is 20.3. The largest absolute Gasteiger partial charge is 0.325 e. The van der Waals surface area contributed by atoms with Gasteiger partial charge in [0.1, 0.15) is 11.4 Å². The SMILES string of the molecule is Cc1cc(C(=O)CN2C(=O)NC3(CCCc4sccc43)C2=O)c(C)n1-c1ccccn1. The number of pyridine rings is 1. The fourth-order valence-electron chi connectivity index (χ4n) is 4.80. The first-order chi connectivity index (χ1) is 14.9. The minimum Gasteiger partial charge on any atom is -0.319 e. The molecule has 0 radical (unpaired) electrons. The average molecular weight is 435 g/mol. The van der Waals surface area contributed by atoms with E-state index in [0.29, 0.717) is 12.0 Å². The number of carbonyl (C=O) groups excluding carboxylic acids is 3. The summed E-state index contributed by atoms with van der Waals surface area (Å²) in [5, 5.41) is 4.86. The highest BCUT2D eigenvalue weighted by atomic mass is 32.1. The second-order valence-corrected chi connectivity index (χ2v) is 9.07. The van der Waals surface area contributed by atoms with Crippen LogP contribution < -0.4 is 5.32 Å². The summed E-state index contributed by atoms with van der Waals surface area (Å²) < 4.78 is 1.90. The summed E-state index contributed by atoms with van der Waals surface area (Å²) in [6, 6.07) is 8.80. The smallest absolute Gasteiger partial charge is 0.319 e. The number of nitrogens with one attached hydrogen (secondary N) is 1. The highest BCUT2D eigenvalue weighted by molar-refractivity contribution is 7.10. The van der Waals surface area contributed by atoms with Crippen LogP contribution in [0, 0.1) is 13.8 Å². The Balaban J connectivity index is 1.44. The fraction of sp³-hybridized carbons (Fsp3) is 0.304. The van der Waals surface area contributed by atoms with E-state index in [1.54, 1.807) is 23.6 Å². The molecule has 4 heterocycles. The number of ketones is 1. The number of amides is 3. The van der Waals surface area contributed by atoms with Gasteiger partial charge in [0.15, 0.2) is 5.78 Å². The number of aromatic nitrogens is 2. The van der Waals surface area contributed by atoms with E-state index in [0.717, 1.165) is 45.4 Å². The van der Waals surface area contributed by atoms with Crippen molar-refractivity contribution in [1.82, 2.24) is 19.8 Å². The summed E-state index contributed by atoms with van der Waals surface area (Å²) >= 11 is 1.61. The molecule has 158 valence electrons. The van der Waals surface area contributed by atoms with Gasteiger partial charge in [0.05, 0.1) is 6.54 Å². The third-order valence-corrected chi connectivity index (χ3v) is 7.23. The van der Waals surface area contributed by atoms with E-state index in [-0.39, 0.29) is 18.2 Å². The molecule has 1 saturated heterocycles. The first-order valence-corrected chi connectivity index (χ1v) is 11.1. The lowest BCUT2D eigenvalue weighted by Crippen LogP contribution is -2.46. The van der Waals surface area contributed by atoms with E-state index < -0.39 is 11.6 Å². The van der Waals surface area contributed by atoms with Gasteiger partial charge in [-0.1, -0.05) is 6.07 Å². The molecule has 8 heteroatoms. The molecule has 0 aromatic carbocycles. The number of hydrogen-bond donors (Lipinski definition) is 1. The van der Waals surface area contributed by atoms with Crippen LogP contribution in [0.25, 0.3) is 5.82 Å². The molecule has 3 aromatic rings. The first-order valence-electron chi connectivity index (χ1n) is 10.3. The van der Waals surface area contributed by atoms with E-state index in [1.807, 2.05) is 48.1 Å². The van der Waals surface area contributed by atoms with Gasteiger partial charge in [-0.15, -0.1) is 11.3 Å². The molecule has 0 bridgehead atoms. The van der Waals surface area contributed by atoms with Crippen LogP contribution in [0.4, 0.5) is 4.79 Å². The minimum atomic E-state index is -1.03. The Morgan fingerprint density at radius 1 is 1.26 bits per heavy atom. The van der Waals surface area contributed by atoms with Gasteiger partial charge in [0.2, 0.25) is 0 Å². The summed E-state index contributed by atoms with van der Waals surface area (Å²) in [6.07, 6.45) is 3.99. The van der Waals surface area contributed by atoms with E-state index in [4.69, 9.17) is 0 Å². The predicted octanol–water partition coefficient (Wildman–Crippen LogP) is 3.52. The maximum absolute atomic E-state index is 13.4. The van der Waals surface area contributed by atoms with Gasteiger partial charge >= 0.3 is 6.03 Å². The van der Waals surface area contributed by atoms with Crippen LogP contribution in [0.1, 0.15) is 45.0 Å². The number of aryl methyl sites for hydroxylation is 2. The standard InChI is InChI=1S/C23H22N4O3S/c1-14-12-16(15(2)27(14)20-7-3-4-10-24-20)18(28)13-26-21(29)23(25-22(26)30)9-5-6-19-17(23)8-11-31-19/h3-4,7-8,10-12H,5-6,9,13H2,1-2H3,(H,25,30). The van der Waals surface area contributed by atoms with Gasteiger partial charge in [0.25, 0.3) is 5.91 Å². The van der Waals surface area contributed by atoms with E-state index in [2.05, 4.69) is 10.3 Å². The van der Waals surface area contributed by atoms with Gasteiger partial charge in [-0.25, -0.2) is 9.78 Å². The molecule has 3 aromatic heterocycles. The fourth-order valence-corrected chi connectivity index (χ4v) is 5.80. The molecule has 1 N–H and O–H groups in total. The highest BCUT2D eigenvalue weighted by Crippen LogP contribution is 2.42. The second-order valence-electron chi connectivity index (χ2n) is 8.07. The molecule has 1 unspecified atom stereocenters. The summed E-state index contributed by atoms with van der Waals surface area (Å²) in [4.78, 5) is 45.9. The van der Waals surface area contributed by atoms with Gasteiger partial charge in [-0.05, 0) is 62.8 Å². The molecule has 1 aliphatic carbocycles. The van der Waals surface area contributed by atoms with E-state index >= 15 is 0 Å². The average Bonchev–Trinajstić information content (AvgIpc) is 3.42. The minimum absolute atomic E-state index is 0.266. The van der Waals surface area contributed by atoms with Gasteiger partial charge in [0, 0.05) is 33.6 Å². The van der Waals surface area contributed by atoms with Crippen LogP contribution in [-0.4, -0.2) is 38.7 Å². The third kappa shape index (κ3) is 2.93. The molecular formula is C23H22N4O3S. The number of carbonyl (C=O) groups is 3. The van der Waals surface area contributed by atoms with Crippen molar-refractivity contribution in [2.75, 3.05) is 6.54 Å². The van der Waals surface area contributed by atoms with Crippen molar-refractivity contribution in [3.05, 3.63) is 69.3 Å². The number of urea groups is 1. The highest BCUT2D eigenvalue weighted by Gasteiger charge is 2.54. The molecule has 3 amide bonds. The number of imide groups is 1. The Morgan fingerprint density at radius 3 is 2.87 bits per heavy atom. The number of hydrogen-bond acceptors (Lipinski definition) is 5. The van der Waals surface area contributed by atoms with Gasteiger partial charge in [-0.2, -0.15) is 0 Å². The molecule has 2 aliphatic rings. The van der Waals surface area contributed by atoms with Crippen LogP contribution >= 0.6 is 11.3 Å². The molecule has 0 saturated carbocycles. The molecule has 31 heavy (non-hydrogen) atoms. The van der Waals surface area contributed by atoms with Crippen molar-refractivity contribution in [2.24, 2.45) is 0 Å². The van der Waals surface area contributed by atoms with Crippen molar-refractivity contribution >= 4 is 29.1 Å². The Kier molecular flexibility index (Phi) is 4.55. The number of Topliss-reactive ketones (excluding diaryl/α,β-unsaturated/α-hetero) is 1. The van der Waals surface area contributed by atoms with Crippen LogP contribution in [-0.2, 0) is 16.8 Å². The summed E-state index contributed by atoms with van der Waals surface area (Å²) in [7, 11) is 0. The Labute approximate surface area is 183 Å². The maximum Gasteiger partial charge on any atom is 0.325 e. The van der Waals surface area contributed by atoms with Gasteiger partial charge in [-0.3, -0.25) is 14.5 Å². The molecule has 7 nitrogen and oxygen atoms in total. The van der Waals surface area contributed by atoms with Crippen LogP contribution in [0.15, 0.2) is 41.9 Å². The van der Waals surface area contributed by atoms with Crippen molar-refractivity contribution in [1.29, 1.82) is 0 Å². The van der Waals surface area contributed by atoms with Crippen LogP contribution in [0.5, 0.6) is 0 Å². The second kappa shape index (κ2) is 7.16. The maximum atomic E-state index is 13.4. The van der Waals surface area contributed by atoms with Crippen molar-refractivity contribution in [3.8, 4) is 5.82 Å². The van der Waals surface area contributed by atoms with E-state index in [1.165, 1.54) is 0 Å². The Hall–Kier alpha value is -3.26. The monoisotopic (exact) mass is 434 g/mol. The van der Waals surface area contributed by atoms with Crippen LogP contribution in [0.3, 0.4) is 0 Å². The molecular weight excluding hydrogens is 412 g/mol. The molecule has 1 aliphatic heterocycles. The van der Waals surface area contributed by atoms with Gasteiger partial charge < -0.3 is 9.88 Å². The summed E-state index contributed by atoms with van der Waals surface area (Å²) in [5.74, 6) is 0.124. The van der Waals surface area contributed by atoms with Crippen LogP contribution in [0.2, 0.25) is 0 Å². The number of rotatable bonds is 4. The van der Waals surface area contributed by atoms with Crippen molar-refractivity contribution in [3.63, 3.8) is 0 Å². The topological polar surface area (TPSA) is 84.3 Å². The summed E-state index contributed by atoms with van der Waals surface area (Å²) in [5.41, 5.74) is 1.94. The van der Waals surface area contributed by atoms with Crippen molar-refractivity contribution < 1.29 is 14.4 Å². The lowest BCUT2D eigenvalue weighted by molar-refractivity contribution is -0.131. The Bertz CT molecular complexity index is 1210. The third-order valence-electron chi connectivity index (χ3n) is 6.25. The number of thiophene rings is 1. The number of fused-ring (bicyclic) bond motifs is 2. The molecule has 1 fully saturated rings. The van der Waals surface area contributed by atoms with E-state index in [9.17, 15) is 14.4 Å². The summed E-state index contributed by atoms with van der Waals surface area (Å²) in [6.45, 7) is 3.47. The zero-order chi connectivity index (χ0) is 21.8. The first kappa shape index (κ1) is 19.7. The number of nitrogens with zero attached hydrogens (tertiary/aromatic N) is 3. The predicted molar refractivity (Wildman–Crippen MR) is 117 cm³/mol. The molecule has 1 atom stereocenters. The van der Waals surface area contributed by atoms with Crippen molar-refractivity contribution in [2.45, 2.75) is 38.6 Å². The lowest BCUT2D eigenvalue weighted by atomic mass is 9.80. The zero-order valence-corrected chi connectivity index (χ0v) is 18.2. The molecule has 5 rings (SSSR count). The zero-order valence-electron chi connectivity index (χ0n) is 17.3. The lowest BCUT2D eigenvalue weighted by Gasteiger charge is -2.31.